The highest BCUT2D eigenvalue weighted by atomic mass is 35.5. The number of benzene rings is 3. The van der Waals surface area contributed by atoms with Gasteiger partial charge in [0.05, 0.1) is 6.61 Å². The van der Waals surface area contributed by atoms with Gasteiger partial charge in [-0.25, -0.2) is 4.39 Å². The molecule has 0 aromatic heterocycles. The van der Waals surface area contributed by atoms with Crippen LogP contribution in [0.15, 0.2) is 60.7 Å². The van der Waals surface area contributed by atoms with E-state index in [0.717, 1.165) is 16.8 Å². The van der Waals surface area contributed by atoms with Gasteiger partial charge in [-0.05, 0) is 61.9 Å². The fourth-order valence-corrected chi connectivity index (χ4v) is 3.06. The maximum Gasteiger partial charge on any atom is 0.262 e. The van der Waals surface area contributed by atoms with Crippen molar-refractivity contribution in [3.63, 3.8) is 0 Å². The van der Waals surface area contributed by atoms with E-state index in [1.54, 1.807) is 24.3 Å². The van der Waals surface area contributed by atoms with Crippen molar-refractivity contribution in [1.29, 1.82) is 0 Å². The van der Waals surface area contributed by atoms with Crippen LogP contribution in [0.2, 0.25) is 5.02 Å². The first-order valence-electron chi connectivity index (χ1n) is 9.88. The van der Waals surface area contributed by atoms with E-state index in [9.17, 15) is 9.18 Å². The number of rotatable bonds is 9. The highest BCUT2D eigenvalue weighted by Gasteiger charge is 2.13. The highest BCUT2D eigenvalue weighted by molar-refractivity contribution is 6.31. The number of carbonyl (C=O) groups is 1. The van der Waals surface area contributed by atoms with Crippen LogP contribution in [0.5, 0.6) is 11.5 Å². The van der Waals surface area contributed by atoms with E-state index in [1.165, 1.54) is 12.1 Å². The molecule has 0 saturated heterocycles. The molecule has 0 saturated carbocycles. The Bertz CT molecular complexity index is 1020. The zero-order valence-electron chi connectivity index (χ0n) is 17.4. The fourth-order valence-electron chi connectivity index (χ4n) is 2.84. The molecule has 7 heteroatoms. The summed E-state index contributed by atoms with van der Waals surface area (Å²) >= 11 is 6.42. The lowest BCUT2D eigenvalue weighted by atomic mass is 10.2. The monoisotopic (exact) mass is 442 g/mol. The van der Waals surface area contributed by atoms with Crippen molar-refractivity contribution in [3.05, 3.63) is 82.6 Å². The van der Waals surface area contributed by atoms with E-state index in [4.69, 9.17) is 21.1 Å². The number of ether oxygens (including phenoxy) is 2. The van der Waals surface area contributed by atoms with Gasteiger partial charge in [-0.2, -0.15) is 0 Å². The Morgan fingerprint density at radius 3 is 2.29 bits per heavy atom. The molecule has 3 aromatic carbocycles. The van der Waals surface area contributed by atoms with Gasteiger partial charge in [0, 0.05) is 29.0 Å². The minimum atomic E-state index is -0.296. The second-order valence-corrected chi connectivity index (χ2v) is 7.29. The van der Waals surface area contributed by atoms with Crippen LogP contribution in [0.3, 0.4) is 0 Å². The van der Waals surface area contributed by atoms with E-state index in [1.807, 2.05) is 38.1 Å². The average Bonchev–Trinajstić information content (AvgIpc) is 2.75. The topological polar surface area (TPSA) is 59.6 Å². The van der Waals surface area contributed by atoms with Crippen LogP contribution in [0.25, 0.3) is 0 Å². The second-order valence-electron chi connectivity index (χ2n) is 6.89. The van der Waals surface area contributed by atoms with Crippen molar-refractivity contribution < 1.29 is 18.7 Å². The molecule has 2 N–H and O–H groups in total. The molecule has 0 aliphatic heterocycles. The predicted octanol–water partition coefficient (Wildman–Crippen LogP) is 5.82. The summed E-state index contributed by atoms with van der Waals surface area (Å²) in [4.78, 5) is 12.2. The first-order valence-corrected chi connectivity index (χ1v) is 10.3. The Morgan fingerprint density at radius 2 is 1.61 bits per heavy atom. The molecule has 0 heterocycles. The molecule has 31 heavy (non-hydrogen) atoms. The lowest BCUT2D eigenvalue weighted by Crippen LogP contribution is -2.20. The summed E-state index contributed by atoms with van der Waals surface area (Å²) in [7, 11) is 0. The fraction of sp³-hybridized carbons (Fsp3) is 0.208. The van der Waals surface area contributed by atoms with Crippen LogP contribution < -0.4 is 20.1 Å². The summed E-state index contributed by atoms with van der Waals surface area (Å²) in [5.41, 5.74) is 3.36. The minimum Gasteiger partial charge on any atom is -0.490 e. The Hall–Kier alpha value is -3.25. The van der Waals surface area contributed by atoms with E-state index in [-0.39, 0.29) is 18.3 Å². The molecule has 0 aliphatic carbocycles. The van der Waals surface area contributed by atoms with Crippen LogP contribution in [0, 0.1) is 12.7 Å². The number of halogens is 2. The smallest absolute Gasteiger partial charge is 0.262 e. The molecular formula is C24H24ClFN2O3. The molecule has 0 unspecified atom stereocenters. The van der Waals surface area contributed by atoms with Crippen LogP contribution in [-0.2, 0) is 11.3 Å². The van der Waals surface area contributed by atoms with Gasteiger partial charge in [0.1, 0.15) is 5.82 Å². The number of carbonyl (C=O) groups excluding carboxylic acids is 1. The molecule has 0 fully saturated rings. The number of hydrogen-bond acceptors (Lipinski definition) is 4. The number of hydrogen-bond donors (Lipinski definition) is 2. The maximum absolute atomic E-state index is 13.1. The molecule has 3 aromatic rings. The first-order chi connectivity index (χ1) is 14.9. The maximum atomic E-state index is 13.1. The summed E-state index contributed by atoms with van der Waals surface area (Å²) in [5.74, 6) is 0.294. The van der Waals surface area contributed by atoms with Gasteiger partial charge < -0.3 is 20.1 Å². The molecule has 0 radical (unpaired) electrons. The van der Waals surface area contributed by atoms with Gasteiger partial charge in [-0.1, -0.05) is 29.3 Å². The third-order valence-corrected chi connectivity index (χ3v) is 4.79. The lowest BCUT2D eigenvalue weighted by molar-refractivity contribution is -0.118. The van der Waals surface area contributed by atoms with E-state index in [2.05, 4.69) is 10.6 Å². The zero-order chi connectivity index (χ0) is 22.2. The van der Waals surface area contributed by atoms with Crippen molar-refractivity contribution in [2.75, 3.05) is 23.8 Å². The SMILES string of the molecule is CCOc1cc(CNc2ccc(F)cc2)c(Cl)cc1OCC(=O)Nc1ccc(C)cc1. The van der Waals surface area contributed by atoms with Gasteiger partial charge in [-0.15, -0.1) is 0 Å². The largest absolute Gasteiger partial charge is 0.490 e. The molecule has 3 rings (SSSR count). The van der Waals surface area contributed by atoms with Gasteiger partial charge in [0.2, 0.25) is 0 Å². The van der Waals surface area contributed by atoms with Crippen molar-refractivity contribution in [2.45, 2.75) is 20.4 Å². The Balaban J connectivity index is 1.65. The van der Waals surface area contributed by atoms with Gasteiger partial charge in [0.15, 0.2) is 18.1 Å². The summed E-state index contributed by atoms with van der Waals surface area (Å²) in [5, 5.41) is 6.44. The third-order valence-electron chi connectivity index (χ3n) is 4.43. The van der Waals surface area contributed by atoms with Crippen LogP contribution >= 0.6 is 11.6 Å². The van der Waals surface area contributed by atoms with Gasteiger partial charge >= 0.3 is 0 Å². The second kappa shape index (κ2) is 10.7. The van der Waals surface area contributed by atoms with Crippen LogP contribution in [0.4, 0.5) is 15.8 Å². The minimum absolute atomic E-state index is 0.183. The number of nitrogens with one attached hydrogen (secondary N) is 2. The molecule has 162 valence electrons. The van der Waals surface area contributed by atoms with Crippen LogP contribution in [0.1, 0.15) is 18.1 Å². The quantitative estimate of drug-likeness (QED) is 0.438. The Kier molecular flexibility index (Phi) is 7.73. The number of amides is 1. The number of anilines is 2. The summed E-state index contributed by atoms with van der Waals surface area (Å²) in [6.45, 7) is 4.50. The van der Waals surface area contributed by atoms with Gasteiger partial charge in [0.25, 0.3) is 5.91 Å². The zero-order valence-corrected chi connectivity index (χ0v) is 18.1. The van der Waals surface area contributed by atoms with Crippen molar-refractivity contribution in [2.24, 2.45) is 0 Å². The molecular weight excluding hydrogens is 419 g/mol. The standard InChI is InChI=1S/C24H24ClFN2O3/c1-3-30-22-12-17(14-27-19-10-6-18(26)7-11-19)21(25)13-23(22)31-15-24(29)28-20-8-4-16(2)5-9-20/h4-13,27H,3,14-15H2,1-2H3,(H,28,29). The molecule has 0 aliphatic rings. The van der Waals surface area contributed by atoms with Crippen molar-refractivity contribution >= 4 is 28.9 Å². The van der Waals surface area contributed by atoms with Gasteiger partial charge in [-0.3, -0.25) is 4.79 Å². The van der Waals surface area contributed by atoms with Crippen molar-refractivity contribution in [1.82, 2.24) is 0 Å². The van der Waals surface area contributed by atoms with E-state index < -0.39 is 0 Å². The Morgan fingerprint density at radius 1 is 0.968 bits per heavy atom. The van der Waals surface area contributed by atoms with E-state index in [0.29, 0.717) is 35.4 Å². The van der Waals surface area contributed by atoms with E-state index >= 15 is 0 Å². The predicted molar refractivity (Wildman–Crippen MR) is 122 cm³/mol. The summed E-state index contributed by atoms with van der Waals surface area (Å²) < 4.78 is 24.4. The summed E-state index contributed by atoms with van der Waals surface area (Å²) in [6.07, 6.45) is 0. The lowest BCUT2D eigenvalue weighted by Gasteiger charge is -2.15. The Labute approximate surface area is 186 Å². The highest BCUT2D eigenvalue weighted by Crippen LogP contribution is 2.34. The first kappa shape index (κ1) is 22.4. The molecule has 0 bridgehead atoms. The third kappa shape index (κ3) is 6.62. The average molecular weight is 443 g/mol. The normalized spacial score (nSPS) is 10.5. The molecule has 0 spiro atoms. The molecule has 1 amide bonds. The molecule has 5 nitrogen and oxygen atoms in total. The van der Waals surface area contributed by atoms with Crippen LogP contribution in [-0.4, -0.2) is 19.1 Å². The summed E-state index contributed by atoms with van der Waals surface area (Å²) in [6, 6.07) is 17.0. The molecule has 0 atom stereocenters. The van der Waals surface area contributed by atoms with Crippen molar-refractivity contribution in [3.8, 4) is 11.5 Å². The number of aryl methyl sites for hydroxylation is 1.